The van der Waals surface area contributed by atoms with Crippen molar-refractivity contribution in [3.8, 4) is 0 Å². The van der Waals surface area contributed by atoms with Crippen molar-refractivity contribution in [1.29, 1.82) is 0 Å². The maximum absolute atomic E-state index is 13.6. The molecule has 124 valence electrons. The standard InChI is InChI=1S/C17H27NO3S/c1-5-18(6-2)22(3,4,21)16-8-7-14-9-13(11-17(19)20)10-15(14)12-16/h7-8,12-13H,5-6,9-11H2,1-4H3,(H,19,20). The van der Waals surface area contributed by atoms with E-state index >= 15 is 0 Å². The molecule has 0 aliphatic heterocycles. The van der Waals surface area contributed by atoms with Crippen molar-refractivity contribution in [1.82, 2.24) is 4.31 Å². The lowest BCUT2D eigenvalue weighted by atomic mass is 10.0. The van der Waals surface area contributed by atoms with Crippen LogP contribution in [0, 0.1) is 5.92 Å². The van der Waals surface area contributed by atoms with E-state index in [1.165, 1.54) is 11.1 Å². The number of rotatable bonds is 6. The van der Waals surface area contributed by atoms with Gasteiger partial charge in [0.1, 0.15) is 0 Å². The molecule has 1 aromatic carbocycles. The molecule has 0 amide bonds. The topological polar surface area (TPSA) is 57.6 Å². The molecule has 1 aliphatic carbocycles. The summed E-state index contributed by atoms with van der Waals surface area (Å²) in [5.74, 6) is -0.575. The molecule has 0 radical (unpaired) electrons. The van der Waals surface area contributed by atoms with Gasteiger partial charge in [0.25, 0.3) is 0 Å². The number of carboxylic acid groups (broad SMARTS) is 1. The molecular weight excluding hydrogens is 298 g/mol. The summed E-state index contributed by atoms with van der Waals surface area (Å²) in [6.45, 7) is 5.54. The second-order valence-electron chi connectivity index (χ2n) is 6.68. The monoisotopic (exact) mass is 325 g/mol. The number of aliphatic carboxylic acids is 1. The van der Waals surface area contributed by atoms with Crippen LogP contribution in [0.5, 0.6) is 0 Å². The first-order valence-corrected chi connectivity index (χ1v) is 10.6. The molecule has 1 atom stereocenters. The van der Waals surface area contributed by atoms with Crippen molar-refractivity contribution >= 4 is 15.2 Å². The third-order valence-corrected chi connectivity index (χ3v) is 8.41. The van der Waals surface area contributed by atoms with Crippen molar-refractivity contribution in [3.63, 3.8) is 0 Å². The lowest BCUT2D eigenvalue weighted by Crippen LogP contribution is -2.48. The normalized spacial score (nSPS) is 19.7. The van der Waals surface area contributed by atoms with E-state index in [0.29, 0.717) is 0 Å². The summed E-state index contributed by atoms with van der Waals surface area (Å²) in [5.41, 5.74) is 2.37. The summed E-state index contributed by atoms with van der Waals surface area (Å²) < 4.78 is 15.7. The van der Waals surface area contributed by atoms with E-state index in [4.69, 9.17) is 5.11 Å². The van der Waals surface area contributed by atoms with Crippen molar-refractivity contribution in [2.45, 2.75) is 38.0 Å². The maximum Gasteiger partial charge on any atom is 0.303 e. The Kier molecular flexibility index (Phi) is 4.51. The molecule has 0 fully saturated rings. The third-order valence-electron chi connectivity index (χ3n) is 4.79. The van der Waals surface area contributed by atoms with E-state index < -0.39 is 15.2 Å². The number of hydrogen-bond acceptors (Lipinski definition) is 2. The summed E-state index contributed by atoms with van der Waals surface area (Å²) in [5, 5.41) is 8.96. The molecule has 4 nitrogen and oxygen atoms in total. The van der Waals surface area contributed by atoms with Gasteiger partial charge in [0, 0.05) is 36.9 Å². The predicted molar refractivity (Wildman–Crippen MR) is 90.8 cm³/mol. The highest BCUT2D eigenvalue weighted by atomic mass is 32.3. The zero-order chi connectivity index (χ0) is 16.6. The Morgan fingerprint density at radius 2 is 1.82 bits per heavy atom. The molecule has 1 aromatic rings. The highest BCUT2D eigenvalue weighted by Gasteiger charge is 2.35. The van der Waals surface area contributed by atoms with Crippen LogP contribution in [0.3, 0.4) is 0 Å². The molecule has 22 heavy (non-hydrogen) atoms. The van der Waals surface area contributed by atoms with Gasteiger partial charge in [0.2, 0.25) is 0 Å². The van der Waals surface area contributed by atoms with Crippen LogP contribution in [0.1, 0.15) is 31.4 Å². The summed E-state index contributed by atoms with van der Waals surface area (Å²) in [4.78, 5) is 11.8. The largest absolute Gasteiger partial charge is 0.481 e. The molecule has 0 heterocycles. The number of carboxylic acids is 1. The number of benzene rings is 1. The van der Waals surface area contributed by atoms with Crippen LogP contribution >= 0.6 is 0 Å². The number of nitrogens with zero attached hydrogens (tertiary/aromatic N) is 1. The quantitative estimate of drug-likeness (QED) is 0.874. The Balaban J connectivity index is 2.34. The van der Waals surface area contributed by atoms with E-state index in [1.807, 2.05) is 48.9 Å². The fourth-order valence-corrected chi connectivity index (χ4v) is 6.30. The van der Waals surface area contributed by atoms with Gasteiger partial charge in [-0.2, -0.15) is 0 Å². The Labute approximate surface area is 133 Å². The first-order valence-electron chi connectivity index (χ1n) is 7.87. The van der Waals surface area contributed by atoms with E-state index in [1.54, 1.807) is 0 Å². The van der Waals surface area contributed by atoms with E-state index in [9.17, 15) is 9.00 Å². The van der Waals surface area contributed by atoms with Crippen LogP contribution < -0.4 is 0 Å². The Hall–Kier alpha value is -1.20. The zero-order valence-electron chi connectivity index (χ0n) is 14.0. The van der Waals surface area contributed by atoms with Gasteiger partial charge in [-0.05, 0) is 51.3 Å². The molecule has 2 rings (SSSR count). The Bertz CT molecular complexity index is 643. The van der Waals surface area contributed by atoms with Crippen molar-refractivity contribution < 1.29 is 14.1 Å². The minimum Gasteiger partial charge on any atom is -0.481 e. The molecule has 1 N–H and O–H groups in total. The molecule has 1 aliphatic rings. The average Bonchev–Trinajstić information content (AvgIpc) is 2.79. The lowest BCUT2D eigenvalue weighted by molar-refractivity contribution is -0.138. The van der Waals surface area contributed by atoms with Crippen LogP contribution in [0.15, 0.2) is 23.1 Å². The number of hydrogen-bond donors (Lipinski definition) is 1. The van der Waals surface area contributed by atoms with Gasteiger partial charge in [0.15, 0.2) is 0 Å². The van der Waals surface area contributed by atoms with Crippen LogP contribution in [0.25, 0.3) is 0 Å². The Morgan fingerprint density at radius 1 is 1.23 bits per heavy atom. The maximum atomic E-state index is 13.6. The molecule has 0 aromatic heterocycles. The first-order chi connectivity index (χ1) is 10.2. The highest BCUT2D eigenvalue weighted by molar-refractivity contribution is 8.16. The second kappa shape index (κ2) is 5.78. The van der Waals surface area contributed by atoms with E-state index in [-0.39, 0.29) is 12.3 Å². The van der Waals surface area contributed by atoms with Crippen molar-refractivity contribution in [3.05, 3.63) is 29.3 Å². The van der Waals surface area contributed by atoms with Gasteiger partial charge < -0.3 is 5.11 Å². The minimum atomic E-state index is -3.04. The fraction of sp³-hybridized carbons (Fsp3) is 0.588. The molecular formula is C17H27NO3S. The molecule has 0 bridgehead atoms. The van der Waals surface area contributed by atoms with E-state index in [2.05, 4.69) is 0 Å². The van der Waals surface area contributed by atoms with Gasteiger partial charge >= 0.3 is 5.97 Å². The van der Waals surface area contributed by atoms with Gasteiger partial charge in [0.05, 0.1) is 0 Å². The number of carbonyl (C=O) groups is 1. The smallest absolute Gasteiger partial charge is 0.303 e. The summed E-state index contributed by atoms with van der Waals surface area (Å²) in [6, 6.07) is 6.05. The van der Waals surface area contributed by atoms with Crippen LogP contribution in [-0.2, 0) is 26.9 Å². The number of fused-ring (bicyclic) bond motifs is 1. The first kappa shape index (κ1) is 17.2. The van der Waals surface area contributed by atoms with Crippen LogP contribution in [0.4, 0.5) is 0 Å². The zero-order valence-corrected chi connectivity index (χ0v) is 14.8. The molecule has 5 heteroatoms. The fourth-order valence-electron chi connectivity index (χ4n) is 3.56. The predicted octanol–water partition coefficient (Wildman–Crippen LogP) is 2.57. The van der Waals surface area contributed by atoms with Crippen LogP contribution in [0.2, 0.25) is 0 Å². The SMILES string of the molecule is CCN(CC)S(C)(C)(=O)c1ccc2c(c1)CC(CC(=O)O)C2. The van der Waals surface area contributed by atoms with Gasteiger partial charge in [-0.15, -0.1) is 0 Å². The molecule has 0 saturated heterocycles. The Morgan fingerprint density at radius 3 is 2.36 bits per heavy atom. The van der Waals surface area contributed by atoms with Crippen molar-refractivity contribution in [2.24, 2.45) is 5.92 Å². The van der Waals surface area contributed by atoms with Crippen molar-refractivity contribution in [2.75, 3.05) is 25.6 Å². The van der Waals surface area contributed by atoms with Gasteiger partial charge in [-0.25, -0.2) is 4.31 Å². The van der Waals surface area contributed by atoms with E-state index in [0.717, 1.165) is 30.8 Å². The summed E-state index contributed by atoms with van der Waals surface area (Å²) in [6.07, 6.45) is 5.48. The summed E-state index contributed by atoms with van der Waals surface area (Å²) >= 11 is 0. The summed E-state index contributed by atoms with van der Waals surface area (Å²) in [7, 11) is -3.04. The third kappa shape index (κ3) is 3.10. The highest BCUT2D eigenvalue weighted by Crippen LogP contribution is 2.38. The minimum absolute atomic E-state index is 0.167. The second-order valence-corrected chi connectivity index (χ2v) is 11.2. The molecule has 1 unspecified atom stereocenters. The lowest BCUT2D eigenvalue weighted by Gasteiger charge is -2.45. The molecule has 0 spiro atoms. The van der Waals surface area contributed by atoms with Gasteiger partial charge in [-0.3, -0.25) is 9.00 Å². The molecule has 0 saturated carbocycles. The average molecular weight is 325 g/mol. The van der Waals surface area contributed by atoms with Crippen LogP contribution in [-0.4, -0.2) is 45.2 Å². The van der Waals surface area contributed by atoms with Gasteiger partial charge in [-0.1, -0.05) is 19.9 Å².